The van der Waals surface area contributed by atoms with Gasteiger partial charge in [0.25, 0.3) is 0 Å². The van der Waals surface area contributed by atoms with Crippen LogP contribution < -0.4 is 0 Å². The molecule has 0 saturated heterocycles. The van der Waals surface area contributed by atoms with E-state index in [1.807, 2.05) is 0 Å². The average molecular weight is 237 g/mol. The van der Waals surface area contributed by atoms with Crippen LogP contribution in [0, 0.1) is 11.8 Å². The van der Waals surface area contributed by atoms with Gasteiger partial charge in [-0.25, -0.2) is 0 Å². The fourth-order valence-electron chi connectivity index (χ4n) is 1.19. The summed E-state index contributed by atoms with van der Waals surface area (Å²) in [6.07, 6.45) is 1.88. The molecular weight excluding hydrogens is 220 g/mol. The lowest BCUT2D eigenvalue weighted by Crippen LogP contribution is -2.23. The van der Waals surface area contributed by atoms with E-state index in [1.165, 1.54) is 7.11 Å². The fraction of sp³-hybridized carbons (Fsp3) is 0.889. The molecule has 0 aliphatic rings. The number of carbonyl (C=O) groups is 1. The molecule has 72 valence electrons. The van der Waals surface area contributed by atoms with Gasteiger partial charge in [-0.15, -0.1) is 0 Å². The number of carbonyl (C=O) groups excluding carboxylic acids is 1. The Labute approximate surface area is 82.8 Å². The van der Waals surface area contributed by atoms with Crippen LogP contribution in [0.15, 0.2) is 0 Å². The molecule has 0 heterocycles. The van der Waals surface area contributed by atoms with E-state index in [0.29, 0.717) is 5.92 Å². The highest BCUT2D eigenvalue weighted by molar-refractivity contribution is 9.09. The van der Waals surface area contributed by atoms with E-state index in [4.69, 9.17) is 4.74 Å². The van der Waals surface area contributed by atoms with E-state index in [2.05, 4.69) is 29.8 Å². The molecule has 0 aromatic rings. The zero-order chi connectivity index (χ0) is 9.56. The first-order valence-corrected chi connectivity index (χ1v) is 5.43. The second kappa shape index (κ2) is 6.46. The average Bonchev–Trinajstić information content (AvgIpc) is 2.11. The molecule has 0 aromatic carbocycles. The molecule has 0 amide bonds. The maximum absolute atomic E-state index is 11.3. The number of esters is 1. The first-order valence-electron chi connectivity index (χ1n) is 4.31. The van der Waals surface area contributed by atoms with E-state index in [0.717, 1.165) is 18.2 Å². The third kappa shape index (κ3) is 3.57. The van der Waals surface area contributed by atoms with Gasteiger partial charge in [0, 0.05) is 5.33 Å². The quantitative estimate of drug-likeness (QED) is 0.542. The van der Waals surface area contributed by atoms with E-state index in [1.54, 1.807) is 0 Å². The molecule has 0 fully saturated rings. The van der Waals surface area contributed by atoms with Gasteiger partial charge >= 0.3 is 5.97 Å². The van der Waals surface area contributed by atoms with Crippen LogP contribution in [0.2, 0.25) is 0 Å². The summed E-state index contributed by atoms with van der Waals surface area (Å²) in [5.41, 5.74) is 0. The molecule has 12 heavy (non-hydrogen) atoms. The van der Waals surface area contributed by atoms with Crippen molar-refractivity contribution in [3.05, 3.63) is 0 Å². The lowest BCUT2D eigenvalue weighted by atomic mass is 9.90. The molecule has 2 atom stereocenters. The van der Waals surface area contributed by atoms with Crippen molar-refractivity contribution in [2.45, 2.75) is 26.7 Å². The van der Waals surface area contributed by atoms with E-state index in [-0.39, 0.29) is 11.9 Å². The summed E-state index contributed by atoms with van der Waals surface area (Å²) < 4.78 is 4.73. The van der Waals surface area contributed by atoms with Crippen LogP contribution in [-0.2, 0) is 9.53 Å². The summed E-state index contributed by atoms with van der Waals surface area (Å²) >= 11 is 3.34. The zero-order valence-corrected chi connectivity index (χ0v) is 9.56. The van der Waals surface area contributed by atoms with Gasteiger partial charge in [-0.3, -0.25) is 4.79 Å². The maximum atomic E-state index is 11.3. The Balaban J connectivity index is 4.11. The van der Waals surface area contributed by atoms with Crippen LogP contribution in [0.3, 0.4) is 0 Å². The minimum absolute atomic E-state index is 0.0550. The molecule has 0 N–H and O–H groups in total. The molecule has 3 heteroatoms. The van der Waals surface area contributed by atoms with Crippen LogP contribution in [0.1, 0.15) is 26.7 Å². The predicted octanol–water partition coefficient (Wildman–Crippen LogP) is 2.61. The number of hydrogen-bond acceptors (Lipinski definition) is 2. The summed E-state index contributed by atoms with van der Waals surface area (Å²) in [6.45, 7) is 4.18. The Morgan fingerprint density at radius 3 is 2.50 bits per heavy atom. The predicted molar refractivity (Wildman–Crippen MR) is 53.4 cm³/mol. The maximum Gasteiger partial charge on any atom is 0.308 e. The lowest BCUT2D eigenvalue weighted by Gasteiger charge is -2.19. The second-order valence-electron chi connectivity index (χ2n) is 2.99. The Kier molecular flexibility index (Phi) is 6.44. The molecule has 0 aliphatic heterocycles. The zero-order valence-electron chi connectivity index (χ0n) is 7.97. The topological polar surface area (TPSA) is 26.3 Å². The van der Waals surface area contributed by atoms with E-state index >= 15 is 0 Å². The highest BCUT2D eigenvalue weighted by Gasteiger charge is 2.23. The molecule has 2 unspecified atom stereocenters. The Morgan fingerprint density at radius 2 is 2.17 bits per heavy atom. The molecule has 0 aromatic heterocycles. The van der Waals surface area contributed by atoms with Gasteiger partial charge in [0.15, 0.2) is 0 Å². The highest BCUT2D eigenvalue weighted by atomic mass is 79.9. The van der Waals surface area contributed by atoms with Crippen molar-refractivity contribution >= 4 is 21.9 Å². The summed E-state index contributed by atoms with van der Waals surface area (Å²) in [5, 5.41) is 0.858. The summed E-state index contributed by atoms with van der Waals surface area (Å²) in [5.74, 6) is 0.387. The van der Waals surface area contributed by atoms with Crippen LogP contribution in [0.4, 0.5) is 0 Å². The first kappa shape index (κ1) is 11.9. The van der Waals surface area contributed by atoms with Crippen LogP contribution >= 0.6 is 15.9 Å². The molecule has 0 aliphatic carbocycles. The highest BCUT2D eigenvalue weighted by Crippen LogP contribution is 2.20. The van der Waals surface area contributed by atoms with Gasteiger partial charge in [-0.2, -0.15) is 0 Å². The molecule has 0 saturated carbocycles. The van der Waals surface area contributed by atoms with Crippen molar-refractivity contribution in [1.29, 1.82) is 0 Å². The monoisotopic (exact) mass is 236 g/mol. The van der Waals surface area contributed by atoms with Crippen LogP contribution in [0.5, 0.6) is 0 Å². The van der Waals surface area contributed by atoms with Crippen LogP contribution in [0.25, 0.3) is 0 Å². The molecule has 0 radical (unpaired) electrons. The number of halogens is 1. The Morgan fingerprint density at radius 1 is 1.58 bits per heavy atom. The second-order valence-corrected chi connectivity index (χ2v) is 3.79. The minimum atomic E-state index is -0.0798. The number of alkyl halides is 1. The van der Waals surface area contributed by atoms with Crippen molar-refractivity contribution in [3.8, 4) is 0 Å². The molecule has 0 rings (SSSR count). The third-order valence-corrected chi connectivity index (χ3v) is 2.71. The van der Waals surface area contributed by atoms with Crippen molar-refractivity contribution in [2.24, 2.45) is 11.8 Å². The molecular formula is C9H17BrO2. The normalized spacial score (nSPS) is 15.3. The van der Waals surface area contributed by atoms with Crippen molar-refractivity contribution < 1.29 is 9.53 Å². The van der Waals surface area contributed by atoms with Crippen molar-refractivity contribution in [2.75, 3.05) is 12.4 Å². The van der Waals surface area contributed by atoms with Gasteiger partial charge in [0.1, 0.15) is 0 Å². The van der Waals surface area contributed by atoms with Gasteiger partial charge in [-0.1, -0.05) is 36.2 Å². The van der Waals surface area contributed by atoms with Crippen molar-refractivity contribution in [1.82, 2.24) is 0 Å². The molecule has 0 bridgehead atoms. The Hall–Kier alpha value is -0.0500. The third-order valence-electron chi connectivity index (χ3n) is 2.25. The first-order chi connectivity index (χ1) is 5.67. The fourth-order valence-corrected chi connectivity index (χ4v) is 1.68. The number of rotatable bonds is 5. The molecule has 0 spiro atoms. The molecule has 2 nitrogen and oxygen atoms in total. The van der Waals surface area contributed by atoms with Gasteiger partial charge < -0.3 is 4.74 Å². The summed E-state index contributed by atoms with van der Waals surface area (Å²) in [4.78, 5) is 11.3. The lowest BCUT2D eigenvalue weighted by molar-refractivity contribution is -0.147. The summed E-state index contributed by atoms with van der Waals surface area (Å²) in [7, 11) is 1.45. The smallest absolute Gasteiger partial charge is 0.308 e. The summed E-state index contributed by atoms with van der Waals surface area (Å²) in [6, 6.07) is 0. The van der Waals surface area contributed by atoms with Crippen LogP contribution in [-0.4, -0.2) is 18.4 Å². The van der Waals surface area contributed by atoms with Gasteiger partial charge in [0.05, 0.1) is 13.0 Å². The van der Waals surface area contributed by atoms with Gasteiger partial charge in [-0.05, 0) is 12.3 Å². The van der Waals surface area contributed by atoms with Gasteiger partial charge in [0.2, 0.25) is 0 Å². The Bertz CT molecular complexity index is 136. The van der Waals surface area contributed by atoms with Crippen molar-refractivity contribution in [3.63, 3.8) is 0 Å². The standard InChI is InChI=1S/C9H17BrO2/c1-4-7(2)8(5-6-10)9(11)12-3/h7-8H,4-6H2,1-3H3. The number of ether oxygens (including phenoxy) is 1. The number of hydrogen-bond donors (Lipinski definition) is 0. The van der Waals surface area contributed by atoms with E-state index in [9.17, 15) is 4.79 Å². The van der Waals surface area contributed by atoms with E-state index < -0.39 is 0 Å². The SMILES string of the molecule is CCC(C)C(CCBr)C(=O)OC. The largest absolute Gasteiger partial charge is 0.469 e. The number of methoxy groups -OCH3 is 1. The minimum Gasteiger partial charge on any atom is -0.469 e.